The molecule has 4 amide bonds. The first-order valence-corrected chi connectivity index (χ1v) is 17.1. The predicted octanol–water partition coefficient (Wildman–Crippen LogP) is 4.24. The molecule has 0 saturated carbocycles. The highest BCUT2D eigenvalue weighted by atomic mass is 19.1. The second kappa shape index (κ2) is 17.9. The number of rotatable bonds is 17. The van der Waals surface area contributed by atoms with Crippen molar-refractivity contribution in [2.45, 2.75) is 70.4 Å². The van der Waals surface area contributed by atoms with Crippen molar-refractivity contribution in [1.82, 2.24) is 20.4 Å². The van der Waals surface area contributed by atoms with Crippen LogP contribution in [0.1, 0.15) is 62.2 Å². The van der Waals surface area contributed by atoms with Gasteiger partial charge in [-0.2, -0.15) is 4.68 Å². The van der Waals surface area contributed by atoms with Gasteiger partial charge in [-0.3, -0.25) is 19.2 Å². The molecule has 0 bridgehead atoms. The van der Waals surface area contributed by atoms with Crippen LogP contribution in [0.15, 0.2) is 60.7 Å². The van der Waals surface area contributed by atoms with Crippen LogP contribution in [0, 0.1) is 12.7 Å². The highest BCUT2D eigenvalue weighted by Crippen LogP contribution is 2.33. The number of anilines is 3. The summed E-state index contributed by atoms with van der Waals surface area (Å²) < 4.78 is 15.3. The van der Waals surface area contributed by atoms with Gasteiger partial charge in [0.05, 0.1) is 29.1 Å². The van der Waals surface area contributed by atoms with Gasteiger partial charge in [-0.1, -0.05) is 36.8 Å². The summed E-state index contributed by atoms with van der Waals surface area (Å²) in [5.74, 6) is -4.75. The fourth-order valence-electron chi connectivity index (χ4n) is 5.60. The molecule has 2 atom stereocenters. The molecule has 0 radical (unpaired) electrons. The molecule has 0 aliphatic carbocycles. The van der Waals surface area contributed by atoms with Gasteiger partial charge in [0.25, 0.3) is 0 Å². The summed E-state index contributed by atoms with van der Waals surface area (Å²) >= 11 is 0. The van der Waals surface area contributed by atoms with E-state index in [1.54, 1.807) is 49.4 Å². The van der Waals surface area contributed by atoms with Crippen molar-refractivity contribution in [3.05, 3.63) is 72.0 Å². The van der Waals surface area contributed by atoms with E-state index in [2.05, 4.69) is 26.4 Å². The van der Waals surface area contributed by atoms with Crippen LogP contribution in [-0.4, -0.2) is 73.8 Å². The Morgan fingerprint density at radius 3 is 2.35 bits per heavy atom. The van der Waals surface area contributed by atoms with Crippen LogP contribution in [0.2, 0.25) is 0 Å². The number of benzene rings is 3. The molecule has 286 valence electrons. The fraction of sp³-hybridized carbons (Fsp3) is 0.324. The summed E-state index contributed by atoms with van der Waals surface area (Å²) in [5.41, 5.74) is 13.6. The third-order valence-corrected chi connectivity index (χ3v) is 8.64. The number of amides is 4. The van der Waals surface area contributed by atoms with E-state index >= 15 is 0 Å². The number of aliphatic carboxylic acids is 2. The highest BCUT2D eigenvalue weighted by molar-refractivity contribution is 6.06. The lowest BCUT2D eigenvalue weighted by molar-refractivity contribution is -0.148. The summed E-state index contributed by atoms with van der Waals surface area (Å²) in [5, 5.41) is 33.2. The van der Waals surface area contributed by atoms with Gasteiger partial charge in [0.15, 0.2) is 5.82 Å². The summed E-state index contributed by atoms with van der Waals surface area (Å²) in [6.07, 6.45) is 0.473. The number of carbonyl (C=O) groups excluding carboxylic acids is 4. The minimum atomic E-state index is -1.86. The monoisotopic (exact) mass is 746 g/mol. The molecular formula is C37H43FN8O8. The Labute approximate surface area is 309 Å². The van der Waals surface area contributed by atoms with Crippen LogP contribution in [0.3, 0.4) is 0 Å². The Kier molecular flexibility index (Phi) is 13.4. The number of hydrogen-bond acceptors (Lipinski definition) is 9. The number of urea groups is 1. The SMILES string of the molecule is Cc1ccc(F)c(NC(=O)Nc2ccc(-c3cccc4c3c(N)nn4C(=O)CCCCCNC(=O)C[C@H](N)C(=O)NC(C)(CCC(=O)O)C(=O)O)cc2)c1. The first-order valence-electron chi connectivity index (χ1n) is 17.1. The predicted molar refractivity (Wildman–Crippen MR) is 199 cm³/mol. The standard InChI is InChI=1S/C37H43FN8O8/c1-21-10-15-25(38)27(19-21)43-36(54)42-23-13-11-22(12-14-23)24-7-6-8-28-32(24)33(40)45-46(28)30(48)9-4-3-5-18-41-29(47)20-26(39)34(51)44-37(2,35(52)53)17-16-31(49)50/h6-8,10-15,19,26H,3-5,9,16-18,20,39H2,1-2H3,(H2,40,45)(H,41,47)(H,44,51)(H,49,50)(H,52,53)(H2,42,43,54)/t26-,37?/m0/s1. The van der Waals surface area contributed by atoms with Crippen LogP contribution >= 0.6 is 0 Å². The number of nitrogens with zero attached hydrogens (tertiary/aromatic N) is 2. The van der Waals surface area contributed by atoms with E-state index in [1.165, 1.54) is 23.7 Å². The maximum Gasteiger partial charge on any atom is 0.329 e. The van der Waals surface area contributed by atoms with Crippen LogP contribution in [0.25, 0.3) is 22.0 Å². The Hall–Kier alpha value is -6.36. The van der Waals surface area contributed by atoms with Crippen molar-refractivity contribution in [2.24, 2.45) is 5.73 Å². The largest absolute Gasteiger partial charge is 0.481 e. The van der Waals surface area contributed by atoms with Gasteiger partial charge in [0.2, 0.25) is 17.7 Å². The van der Waals surface area contributed by atoms with Gasteiger partial charge in [-0.05, 0) is 80.1 Å². The number of carboxylic acids is 2. The molecule has 0 aliphatic heterocycles. The van der Waals surface area contributed by atoms with Gasteiger partial charge in [0.1, 0.15) is 11.4 Å². The number of halogens is 1. The molecule has 1 aromatic heterocycles. The average molecular weight is 747 g/mol. The normalized spacial score (nSPS) is 12.7. The number of nitrogens with two attached hydrogens (primary N) is 2. The van der Waals surface area contributed by atoms with Gasteiger partial charge in [-0.15, -0.1) is 5.10 Å². The number of hydrogen-bond donors (Lipinski definition) is 8. The van der Waals surface area contributed by atoms with E-state index in [0.29, 0.717) is 35.9 Å². The van der Waals surface area contributed by atoms with Crippen LogP contribution in [0.4, 0.5) is 26.4 Å². The molecule has 10 N–H and O–H groups in total. The van der Waals surface area contributed by atoms with E-state index in [9.17, 15) is 38.3 Å². The molecule has 16 nitrogen and oxygen atoms in total. The summed E-state index contributed by atoms with van der Waals surface area (Å²) in [6, 6.07) is 14.7. The lowest BCUT2D eigenvalue weighted by atomic mass is 9.95. The number of fused-ring (bicyclic) bond motifs is 1. The molecular weight excluding hydrogens is 703 g/mol. The zero-order valence-corrected chi connectivity index (χ0v) is 29.8. The zero-order chi connectivity index (χ0) is 39.6. The molecule has 1 unspecified atom stereocenters. The van der Waals surface area contributed by atoms with Crippen molar-refractivity contribution in [3.63, 3.8) is 0 Å². The molecule has 0 saturated heterocycles. The van der Waals surface area contributed by atoms with Gasteiger partial charge < -0.3 is 42.9 Å². The van der Waals surface area contributed by atoms with Crippen LogP contribution < -0.4 is 32.7 Å². The summed E-state index contributed by atoms with van der Waals surface area (Å²) in [6.45, 7) is 3.20. The molecule has 1 heterocycles. The molecule has 4 rings (SSSR count). The zero-order valence-electron chi connectivity index (χ0n) is 29.8. The van der Waals surface area contributed by atoms with Crippen molar-refractivity contribution in [3.8, 4) is 11.1 Å². The van der Waals surface area contributed by atoms with Crippen molar-refractivity contribution >= 4 is 63.8 Å². The number of aromatic nitrogens is 2. The molecule has 0 fully saturated rings. The van der Waals surface area contributed by atoms with Gasteiger partial charge in [0, 0.05) is 25.1 Å². The second-order valence-corrected chi connectivity index (χ2v) is 13.0. The number of carboxylic acid groups (broad SMARTS) is 2. The number of unbranched alkanes of at least 4 members (excludes halogenated alkanes) is 2. The number of carbonyl (C=O) groups is 6. The van der Waals surface area contributed by atoms with Crippen molar-refractivity contribution in [1.29, 1.82) is 0 Å². The number of aryl methyl sites for hydroxylation is 1. The molecule has 54 heavy (non-hydrogen) atoms. The lowest BCUT2D eigenvalue weighted by Crippen LogP contribution is -2.57. The smallest absolute Gasteiger partial charge is 0.329 e. The van der Waals surface area contributed by atoms with Crippen molar-refractivity contribution < 1.29 is 43.4 Å². The Morgan fingerprint density at radius 2 is 1.67 bits per heavy atom. The number of nitrogen functional groups attached to an aromatic ring is 1. The van der Waals surface area contributed by atoms with Crippen LogP contribution in [-0.2, 0) is 19.2 Å². The van der Waals surface area contributed by atoms with E-state index in [0.717, 1.165) is 16.7 Å². The Bertz CT molecular complexity index is 2050. The van der Waals surface area contributed by atoms with E-state index < -0.39 is 60.0 Å². The van der Waals surface area contributed by atoms with Crippen LogP contribution in [0.5, 0.6) is 0 Å². The first-order chi connectivity index (χ1) is 25.6. The second-order valence-electron chi connectivity index (χ2n) is 13.0. The number of nitrogens with one attached hydrogen (secondary N) is 4. The quantitative estimate of drug-likeness (QED) is 0.0709. The Morgan fingerprint density at radius 1 is 0.944 bits per heavy atom. The topological polar surface area (TPSA) is 261 Å². The van der Waals surface area contributed by atoms with Crippen molar-refractivity contribution in [2.75, 3.05) is 22.9 Å². The summed E-state index contributed by atoms with van der Waals surface area (Å²) in [4.78, 5) is 72.8. The highest BCUT2D eigenvalue weighted by Gasteiger charge is 2.36. The third-order valence-electron chi connectivity index (χ3n) is 8.64. The molecule has 17 heteroatoms. The fourth-order valence-corrected chi connectivity index (χ4v) is 5.60. The Balaban J connectivity index is 1.25. The van der Waals surface area contributed by atoms with E-state index in [-0.39, 0.29) is 36.8 Å². The van der Waals surface area contributed by atoms with E-state index in [4.69, 9.17) is 16.6 Å². The van der Waals surface area contributed by atoms with Gasteiger partial charge >= 0.3 is 18.0 Å². The third kappa shape index (κ3) is 10.6. The van der Waals surface area contributed by atoms with Gasteiger partial charge in [-0.25, -0.2) is 14.0 Å². The summed E-state index contributed by atoms with van der Waals surface area (Å²) in [7, 11) is 0. The minimum absolute atomic E-state index is 0.0624. The first kappa shape index (κ1) is 40.4. The molecule has 0 aliphatic rings. The molecule has 4 aromatic rings. The van der Waals surface area contributed by atoms with E-state index in [1.807, 2.05) is 6.07 Å². The lowest BCUT2D eigenvalue weighted by Gasteiger charge is -2.27. The molecule has 3 aromatic carbocycles. The minimum Gasteiger partial charge on any atom is -0.481 e. The average Bonchev–Trinajstić information content (AvgIpc) is 3.47. The molecule has 0 spiro atoms. The maximum atomic E-state index is 14.1. The maximum absolute atomic E-state index is 14.1.